The number of nitrogens with two attached hydrogens (primary N) is 1. The zero-order valence-corrected chi connectivity index (χ0v) is 14.6. The summed E-state index contributed by atoms with van der Waals surface area (Å²) in [5.74, 6) is 0.363. The van der Waals surface area contributed by atoms with Crippen molar-refractivity contribution < 1.29 is 4.79 Å². The van der Waals surface area contributed by atoms with Gasteiger partial charge in [-0.1, -0.05) is 0 Å². The minimum atomic E-state index is -0.541. The van der Waals surface area contributed by atoms with E-state index in [1.165, 1.54) is 0 Å². The van der Waals surface area contributed by atoms with Gasteiger partial charge in [0.15, 0.2) is 5.96 Å². The van der Waals surface area contributed by atoms with Crippen LogP contribution in [0.25, 0.3) is 0 Å². The number of carbonyl (C=O) groups excluding carboxylic acids is 1. The number of amides is 1. The van der Waals surface area contributed by atoms with E-state index in [0.717, 1.165) is 0 Å². The van der Waals surface area contributed by atoms with Crippen LogP contribution in [0, 0.1) is 5.41 Å². The van der Waals surface area contributed by atoms with Gasteiger partial charge in [0.1, 0.15) is 0 Å². The van der Waals surface area contributed by atoms with Crippen LogP contribution in [0.2, 0.25) is 0 Å². The third-order valence-corrected chi connectivity index (χ3v) is 2.10. The van der Waals surface area contributed by atoms with Crippen LogP contribution in [0.3, 0.4) is 0 Å². The van der Waals surface area contributed by atoms with Crippen LogP contribution in [0.5, 0.6) is 0 Å². The summed E-state index contributed by atoms with van der Waals surface area (Å²) >= 11 is 0. The molecule has 1 amide bonds. The van der Waals surface area contributed by atoms with Crippen molar-refractivity contribution in [3.8, 4) is 0 Å². The Bertz CT molecular complexity index is 295. The van der Waals surface area contributed by atoms with Crippen molar-refractivity contribution >= 4 is 35.8 Å². The van der Waals surface area contributed by atoms with Crippen LogP contribution in [-0.4, -0.2) is 30.5 Å². The molecule has 0 radical (unpaired) electrons. The lowest BCUT2D eigenvalue weighted by atomic mass is 9.92. The van der Waals surface area contributed by atoms with E-state index in [1.54, 1.807) is 0 Å². The van der Waals surface area contributed by atoms with Gasteiger partial charge in [0.05, 0.1) is 12.0 Å². The molecule has 0 aromatic heterocycles. The molecule has 5 nitrogen and oxygen atoms in total. The normalized spacial score (nSPS) is 12.7. The molecule has 0 spiro atoms. The minimum Gasteiger partial charge on any atom is -0.370 e. The van der Waals surface area contributed by atoms with Gasteiger partial charge >= 0.3 is 0 Å². The van der Waals surface area contributed by atoms with Crippen LogP contribution in [0.15, 0.2) is 4.99 Å². The highest BCUT2D eigenvalue weighted by Gasteiger charge is 2.26. The van der Waals surface area contributed by atoms with Crippen molar-refractivity contribution in [2.75, 3.05) is 13.1 Å². The molecule has 0 unspecified atom stereocenters. The molecule has 6 heteroatoms. The Kier molecular flexibility index (Phi) is 8.59. The van der Waals surface area contributed by atoms with Crippen molar-refractivity contribution in [2.45, 2.75) is 47.1 Å². The Morgan fingerprint density at radius 1 is 1.22 bits per heavy atom. The molecule has 0 rings (SSSR count). The van der Waals surface area contributed by atoms with Crippen LogP contribution < -0.4 is 16.4 Å². The summed E-state index contributed by atoms with van der Waals surface area (Å²) in [5.41, 5.74) is 5.09. The lowest BCUT2D eigenvalue weighted by Crippen LogP contribution is -2.46. The number of carbonyl (C=O) groups is 1. The summed E-state index contributed by atoms with van der Waals surface area (Å²) in [7, 11) is 0. The largest absolute Gasteiger partial charge is 0.370 e. The Morgan fingerprint density at radius 3 is 2.11 bits per heavy atom. The van der Waals surface area contributed by atoms with Crippen molar-refractivity contribution in [3.63, 3.8) is 0 Å². The standard InChI is InChI=1S/C12H26N4O.HI/c1-7-14-9(17)12(5,6)8-15-10(13)16-11(2,3)4;/h7-8H2,1-6H3,(H,14,17)(H3,13,15,16);1H. The first kappa shape index (κ1) is 19.8. The third-order valence-electron chi connectivity index (χ3n) is 2.10. The first-order valence-corrected chi connectivity index (χ1v) is 5.95. The van der Waals surface area contributed by atoms with Crippen LogP contribution in [0.4, 0.5) is 0 Å². The number of rotatable bonds is 4. The second kappa shape index (κ2) is 7.81. The summed E-state index contributed by atoms with van der Waals surface area (Å²) in [6, 6.07) is 0. The van der Waals surface area contributed by atoms with Crippen LogP contribution in [-0.2, 0) is 4.79 Å². The van der Waals surface area contributed by atoms with E-state index < -0.39 is 5.41 Å². The van der Waals surface area contributed by atoms with E-state index in [0.29, 0.717) is 19.0 Å². The lowest BCUT2D eigenvalue weighted by Gasteiger charge is -2.24. The molecule has 0 bridgehead atoms. The maximum Gasteiger partial charge on any atom is 0.227 e. The Balaban J connectivity index is 0. The van der Waals surface area contributed by atoms with E-state index >= 15 is 0 Å². The van der Waals surface area contributed by atoms with Gasteiger partial charge in [0.2, 0.25) is 5.91 Å². The van der Waals surface area contributed by atoms with Crippen molar-refractivity contribution in [2.24, 2.45) is 16.1 Å². The quantitative estimate of drug-likeness (QED) is 0.398. The van der Waals surface area contributed by atoms with E-state index in [1.807, 2.05) is 41.5 Å². The van der Waals surface area contributed by atoms with E-state index in [2.05, 4.69) is 15.6 Å². The molecule has 0 aliphatic carbocycles. The zero-order valence-electron chi connectivity index (χ0n) is 12.3. The molecular weight excluding hydrogens is 343 g/mol. The number of nitrogens with zero attached hydrogens (tertiary/aromatic N) is 1. The second-order valence-electron chi connectivity index (χ2n) is 5.82. The summed E-state index contributed by atoms with van der Waals surface area (Å²) in [6.45, 7) is 12.6. The van der Waals surface area contributed by atoms with Crippen molar-refractivity contribution in [1.29, 1.82) is 0 Å². The molecule has 0 aliphatic heterocycles. The molecule has 18 heavy (non-hydrogen) atoms. The fourth-order valence-corrected chi connectivity index (χ4v) is 1.18. The van der Waals surface area contributed by atoms with Gasteiger partial charge in [-0.2, -0.15) is 0 Å². The molecule has 0 aliphatic rings. The molecule has 0 saturated heterocycles. The number of guanidine groups is 1. The fraction of sp³-hybridized carbons (Fsp3) is 0.833. The monoisotopic (exact) mass is 370 g/mol. The Labute approximate surface area is 127 Å². The Hall–Kier alpha value is -0.530. The number of halogens is 1. The topological polar surface area (TPSA) is 79.5 Å². The molecule has 0 fully saturated rings. The SMILES string of the molecule is CCNC(=O)C(C)(C)CN=C(N)NC(C)(C)C.I. The predicted octanol–water partition coefficient (Wildman–Crippen LogP) is 1.47. The smallest absolute Gasteiger partial charge is 0.227 e. The summed E-state index contributed by atoms with van der Waals surface area (Å²) in [4.78, 5) is 15.9. The minimum absolute atomic E-state index is 0. The molecule has 0 atom stereocenters. The molecule has 108 valence electrons. The van der Waals surface area contributed by atoms with E-state index in [9.17, 15) is 4.79 Å². The highest BCUT2D eigenvalue weighted by atomic mass is 127. The number of hydrogen-bond donors (Lipinski definition) is 3. The average molecular weight is 370 g/mol. The number of nitrogens with one attached hydrogen (secondary N) is 2. The molecule has 0 aromatic carbocycles. The van der Waals surface area contributed by atoms with Gasteiger partial charge < -0.3 is 16.4 Å². The highest BCUT2D eigenvalue weighted by Crippen LogP contribution is 2.15. The molecule has 0 heterocycles. The number of aliphatic imine (C=N–C) groups is 1. The van der Waals surface area contributed by atoms with Gasteiger partial charge in [0.25, 0.3) is 0 Å². The lowest BCUT2D eigenvalue weighted by molar-refractivity contribution is -0.128. The average Bonchev–Trinajstić information content (AvgIpc) is 2.12. The summed E-state index contributed by atoms with van der Waals surface area (Å²) < 4.78 is 0. The van der Waals surface area contributed by atoms with Crippen LogP contribution >= 0.6 is 24.0 Å². The summed E-state index contributed by atoms with van der Waals surface area (Å²) in [6.07, 6.45) is 0. The van der Waals surface area contributed by atoms with Gasteiger partial charge in [-0.05, 0) is 41.5 Å². The van der Waals surface area contributed by atoms with Gasteiger partial charge in [-0.25, -0.2) is 0 Å². The van der Waals surface area contributed by atoms with Gasteiger partial charge in [-0.15, -0.1) is 24.0 Å². The molecule has 0 saturated carbocycles. The van der Waals surface area contributed by atoms with Gasteiger partial charge in [0, 0.05) is 12.1 Å². The second-order valence-corrected chi connectivity index (χ2v) is 5.82. The zero-order chi connectivity index (χ0) is 13.7. The van der Waals surface area contributed by atoms with Crippen molar-refractivity contribution in [3.05, 3.63) is 0 Å². The third kappa shape index (κ3) is 8.54. The van der Waals surface area contributed by atoms with E-state index in [4.69, 9.17) is 5.73 Å². The fourth-order valence-electron chi connectivity index (χ4n) is 1.18. The summed E-state index contributed by atoms with van der Waals surface area (Å²) in [5, 5.41) is 5.85. The van der Waals surface area contributed by atoms with Gasteiger partial charge in [-0.3, -0.25) is 9.79 Å². The first-order chi connectivity index (χ1) is 7.58. The maximum absolute atomic E-state index is 11.7. The molecular formula is C12H27IN4O. The first-order valence-electron chi connectivity index (χ1n) is 5.95. The predicted molar refractivity (Wildman–Crippen MR) is 87.3 cm³/mol. The van der Waals surface area contributed by atoms with E-state index in [-0.39, 0.29) is 35.4 Å². The Morgan fingerprint density at radius 2 is 1.72 bits per heavy atom. The van der Waals surface area contributed by atoms with Crippen molar-refractivity contribution in [1.82, 2.24) is 10.6 Å². The molecule has 0 aromatic rings. The number of hydrogen-bond acceptors (Lipinski definition) is 2. The van der Waals surface area contributed by atoms with Crippen LogP contribution in [0.1, 0.15) is 41.5 Å². The highest BCUT2D eigenvalue weighted by molar-refractivity contribution is 14.0. The molecule has 4 N–H and O–H groups in total. The maximum atomic E-state index is 11.7.